The number of halogens is 1. The van der Waals surface area contributed by atoms with E-state index in [9.17, 15) is 9.50 Å². The van der Waals surface area contributed by atoms with Crippen LogP contribution in [0.3, 0.4) is 0 Å². The van der Waals surface area contributed by atoms with Crippen LogP contribution in [0, 0.1) is 5.82 Å². The fourth-order valence-corrected chi connectivity index (χ4v) is 3.89. The molecule has 0 amide bonds. The first-order chi connectivity index (χ1) is 13.2. The second-order valence-electron chi connectivity index (χ2n) is 7.25. The highest BCUT2D eigenvalue weighted by Gasteiger charge is 2.27. The first-order valence-electron chi connectivity index (χ1n) is 9.50. The second-order valence-corrected chi connectivity index (χ2v) is 7.25. The molecule has 4 nitrogen and oxygen atoms in total. The van der Waals surface area contributed by atoms with E-state index in [2.05, 4.69) is 21.9 Å². The second kappa shape index (κ2) is 8.21. The molecule has 27 heavy (non-hydrogen) atoms. The quantitative estimate of drug-likeness (QED) is 0.721. The van der Waals surface area contributed by atoms with E-state index in [1.807, 2.05) is 30.3 Å². The van der Waals surface area contributed by atoms with Gasteiger partial charge in [-0.1, -0.05) is 30.3 Å². The number of hydrogen-bond acceptors (Lipinski definition) is 4. The summed E-state index contributed by atoms with van der Waals surface area (Å²) >= 11 is 0. The van der Waals surface area contributed by atoms with Crippen LogP contribution in [0.2, 0.25) is 0 Å². The average molecular weight is 368 g/mol. The maximum absolute atomic E-state index is 13.1. The van der Waals surface area contributed by atoms with Gasteiger partial charge in [-0.05, 0) is 36.2 Å². The van der Waals surface area contributed by atoms with Crippen molar-refractivity contribution in [3.8, 4) is 0 Å². The molecule has 0 unspecified atom stereocenters. The SMILES string of the molecule is OCC[C@@H]1CN(Cc2cc3ccccc3o2)CCN1Cc1ccc(F)cc1. The maximum atomic E-state index is 13.1. The first-order valence-corrected chi connectivity index (χ1v) is 9.50. The molecule has 1 atom stereocenters. The third kappa shape index (κ3) is 4.38. The molecule has 1 saturated heterocycles. The molecule has 0 saturated carbocycles. The molecule has 1 aliphatic heterocycles. The van der Waals surface area contributed by atoms with Gasteiger partial charge in [0.2, 0.25) is 0 Å². The first kappa shape index (κ1) is 18.2. The molecule has 4 rings (SSSR count). The standard InChI is InChI=1S/C22H25FN2O2/c23-19-7-5-17(6-8-19)14-25-11-10-24(15-20(25)9-12-26)16-21-13-18-3-1-2-4-22(18)27-21/h1-8,13,20,26H,9-12,14-16H2/t20-/m1/s1. The minimum absolute atomic E-state index is 0.170. The molecule has 5 heteroatoms. The maximum Gasteiger partial charge on any atom is 0.134 e. The highest BCUT2D eigenvalue weighted by atomic mass is 19.1. The van der Waals surface area contributed by atoms with Crippen molar-refractivity contribution in [2.45, 2.75) is 25.6 Å². The molecule has 0 aliphatic carbocycles. The lowest BCUT2D eigenvalue weighted by Crippen LogP contribution is -2.52. The number of piperazine rings is 1. The summed E-state index contributed by atoms with van der Waals surface area (Å²) in [6.45, 7) is 4.48. The predicted octanol–water partition coefficient (Wildman–Crippen LogP) is 3.64. The van der Waals surface area contributed by atoms with E-state index >= 15 is 0 Å². The zero-order chi connectivity index (χ0) is 18.6. The normalized spacial score (nSPS) is 19.0. The van der Waals surface area contributed by atoms with Gasteiger partial charge >= 0.3 is 0 Å². The lowest BCUT2D eigenvalue weighted by molar-refractivity contribution is 0.0471. The molecule has 142 valence electrons. The molecule has 0 spiro atoms. The van der Waals surface area contributed by atoms with E-state index in [0.29, 0.717) is 0 Å². The number of aliphatic hydroxyl groups excluding tert-OH is 1. The van der Waals surface area contributed by atoms with Crippen LogP contribution in [0.4, 0.5) is 4.39 Å². The Kier molecular flexibility index (Phi) is 5.53. The number of aliphatic hydroxyl groups is 1. The van der Waals surface area contributed by atoms with Crippen molar-refractivity contribution in [2.75, 3.05) is 26.2 Å². The van der Waals surface area contributed by atoms with Crippen LogP contribution < -0.4 is 0 Å². The van der Waals surface area contributed by atoms with Crippen LogP contribution in [-0.2, 0) is 13.1 Å². The summed E-state index contributed by atoms with van der Waals surface area (Å²) in [7, 11) is 0. The summed E-state index contributed by atoms with van der Waals surface area (Å²) in [6, 6.07) is 17.2. The van der Waals surface area contributed by atoms with Crippen LogP contribution in [-0.4, -0.2) is 47.2 Å². The van der Waals surface area contributed by atoms with Gasteiger partial charge in [0.25, 0.3) is 0 Å². The Morgan fingerprint density at radius 2 is 1.85 bits per heavy atom. The van der Waals surface area contributed by atoms with E-state index in [-0.39, 0.29) is 18.5 Å². The van der Waals surface area contributed by atoms with Crippen LogP contribution in [0.15, 0.2) is 59.0 Å². The van der Waals surface area contributed by atoms with Gasteiger partial charge in [-0.25, -0.2) is 4.39 Å². The lowest BCUT2D eigenvalue weighted by atomic mass is 10.1. The highest BCUT2D eigenvalue weighted by molar-refractivity contribution is 5.77. The molecule has 1 aliphatic rings. The Morgan fingerprint density at radius 3 is 2.63 bits per heavy atom. The van der Waals surface area contributed by atoms with Crippen molar-refractivity contribution in [2.24, 2.45) is 0 Å². The molecule has 3 aromatic rings. The van der Waals surface area contributed by atoms with Crippen molar-refractivity contribution < 1.29 is 13.9 Å². The van der Waals surface area contributed by atoms with E-state index < -0.39 is 0 Å². The molecule has 2 heterocycles. The Labute approximate surface area is 158 Å². The van der Waals surface area contributed by atoms with Gasteiger partial charge in [0.05, 0.1) is 6.54 Å². The van der Waals surface area contributed by atoms with E-state index in [1.165, 1.54) is 12.1 Å². The van der Waals surface area contributed by atoms with Gasteiger partial charge in [-0.15, -0.1) is 0 Å². The molecular weight excluding hydrogens is 343 g/mol. The Hall–Kier alpha value is -2.21. The van der Waals surface area contributed by atoms with Gasteiger partial charge in [0.1, 0.15) is 17.2 Å². The minimum atomic E-state index is -0.207. The number of hydrogen-bond donors (Lipinski definition) is 1. The molecule has 1 aromatic heterocycles. The Balaban J connectivity index is 1.41. The number of benzene rings is 2. The number of para-hydroxylation sites is 1. The van der Waals surface area contributed by atoms with Crippen LogP contribution >= 0.6 is 0 Å². The fraction of sp³-hybridized carbons (Fsp3) is 0.364. The van der Waals surface area contributed by atoms with Gasteiger partial charge in [-0.2, -0.15) is 0 Å². The van der Waals surface area contributed by atoms with Gasteiger partial charge in [-0.3, -0.25) is 9.80 Å². The number of fused-ring (bicyclic) bond motifs is 1. The lowest BCUT2D eigenvalue weighted by Gasteiger charge is -2.41. The van der Waals surface area contributed by atoms with E-state index in [0.717, 1.165) is 61.4 Å². The Morgan fingerprint density at radius 1 is 1.04 bits per heavy atom. The fourth-order valence-electron chi connectivity index (χ4n) is 3.89. The third-order valence-corrected chi connectivity index (χ3v) is 5.31. The van der Waals surface area contributed by atoms with Crippen molar-refractivity contribution in [1.82, 2.24) is 9.80 Å². The molecule has 0 bridgehead atoms. The summed E-state index contributed by atoms with van der Waals surface area (Å²) in [5.41, 5.74) is 2.03. The van der Waals surface area contributed by atoms with Gasteiger partial charge < -0.3 is 9.52 Å². The summed E-state index contributed by atoms with van der Waals surface area (Å²) in [5, 5.41) is 10.6. The molecular formula is C22H25FN2O2. The molecule has 1 fully saturated rings. The summed E-state index contributed by atoms with van der Waals surface area (Å²) in [5.74, 6) is 0.771. The highest BCUT2D eigenvalue weighted by Crippen LogP contribution is 2.22. The topological polar surface area (TPSA) is 39.9 Å². The van der Waals surface area contributed by atoms with Crippen LogP contribution in [0.1, 0.15) is 17.7 Å². The van der Waals surface area contributed by atoms with Gasteiger partial charge in [0.15, 0.2) is 0 Å². The Bertz CT molecular complexity index is 844. The summed E-state index contributed by atoms with van der Waals surface area (Å²) in [4.78, 5) is 4.78. The van der Waals surface area contributed by atoms with Crippen molar-refractivity contribution in [3.05, 3.63) is 71.7 Å². The monoisotopic (exact) mass is 368 g/mol. The minimum Gasteiger partial charge on any atom is -0.460 e. The van der Waals surface area contributed by atoms with Crippen molar-refractivity contribution in [3.63, 3.8) is 0 Å². The van der Waals surface area contributed by atoms with Crippen molar-refractivity contribution in [1.29, 1.82) is 0 Å². The predicted molar refractivity (Wildman–Crippen MR) is 104 cm³/mol. The summed E-state index contributed by atoms with van der Waals surface area (Å²) in [6.07, 6.45) is 0.734. The van der Waals surface area contributed by atoms with Crippen LogP contribution in [0.5, 0.6) is 0 Å². The average Bonchev–Trinajstić information content (AvgIpc) is 3.08. The van der Waals surface area contributed by atoms with E-state index in [4.69, 9.17) is 4.42 Å². The molecule has 1 N–H and O–H groups in total. The van der Waals surface area contributed by atoms with Crippen molar-refractivity contribution >= 4 is 11.0 Å². The largest absolute Gasteiger partial charge is 0.460 e. The third-order valence-electron chi connectivity index (χ3n) is 5.31. The smallest absolute Gasteiger partial charge is 0.134 e. The number of furan rings is 1. The molecule has 2 aromatic carbocycles. The number of nitrogens with zero attached hydrogens (tertiary/aromatic N) is 2. The van der Waals surface area contributed by atoms with Gasteiger partial charge in [0, 0.05) is 44.2 Å². The van der Waals surface area contributed by atoms with E-state index in [1.54, 1.807) is 0 Å². The molecule has 0 radical (unpaired) electrons. The zero-order valence-electron chi connectivity index (χ0n) is 15.4. The summed E-state index contributed by atoms with van der Waals surface area (Å²) < 4.78 is 19.1. The number of rotatable bonds is 6. The van der Waals surface area contributed by atoms with Crippen LogP contribution in [0.25, 0.3) is 11.0 Å². The zero-order valence-corrected chi connectivity index (χ0v) is 15.4.